The molecule has 5 heterocycles. The summed E-state index contributed by atoms with van der Waals surface area (Å²) < 4.78 is 34.9. The van der Waals surface area contributed by atoms with Crippen molar-refractivity contribution in [1.82, 2.24) is 24.9 Å². The van der Waals surface area contributed by atoms with Crippen LogP contribution in [0.3, 0.4) is 0 Å². The number of rotatable bonds is 8. The summed E-state index contributed by atoms with van der Waals surface area (Å²) in [6.45, 7) is 1.17. The number of nitrogens with one attached hydrogen (secondary N) is 2. The Morgan fingerprint density at radius 2 is 1.95 bits per heavy atom. The summed E-state index contributed by atoms with van der Waals surface area (Å²) in [5, 5.41) is 8.04. The van der Waals surface area contributed by atoms with Gasteiger partial charge in [0.25, 0.3) is 5.91 Å². The van der Waals surface area contributed by atoms with Crippen molar-refractivity contribution in [1.29, 1.82) is 0 Å². The monoisotopic (exact) mass is 572 g/mol. The number of aromatic nitrogens is 4. The Hall–Kier alpha value is -3.06. The number of carbonyl (C=O) groups excluding carboxylic acids is 1. The second-order valence-electron chi connectivity index (χ2n) is 9.48. The summed E-state index contributed by atoms with van der Waals surface area (Å²) in [6.07, 6.45) is 9.57. The van der Waals surface area contributed by atoms with Gasteiger partial charge in [0.2, 0.25) is 10.0 Å². The van der Waals surface area contributed by atoms with Gasteiger partial charge in [-0.15, -0.1) is 11.3 Å². The van der Waals surface area contributed by atoms with Crippen molar-refractivity contribution in [3.8, 4) is 10.4 Å². The number of anilines is 1. The molecular formula is C25H25ClN6O4S2. The number of fused-ring (bicyclic) bond motifs is 1. The second kappa shape index (κ2) is 10.3. The normalized spacial score (nSPS) is 17.4. The van der Waals surface area contributed by atoms with E-state index in [-0.39, 0.29) is 17.1 Å². The summed E-state index contributed by atoms with van der Waals surface area (Å²) in [6, 6.07) is 6.48. The number of hydrogen-bond acceptors (Lipinski definition) is 8. The van der Waals surface area contributed by atoms with E-state index < -0.39 is 16.1 Å². The van der Waals surface area contributed by atoms with Crippen LogP contribution >= 0.6 is 22.9 Å². The maximum absolute atomic E-state index is 13.4. The molecule has 1 saturated heterocycles. The maximum Gasteiger partial charge on any atom is 0.280 e. The van der Waals surface area contributed by atoms with Crippen LogP contribution in [0, 0.1) is 5.92 Å². The Kier molecular flexibility index (Phi) is 6.81. The first-order valence-electron chi connectivity index (χ1n) is 12.3. The molecule has 2 N–H and O–H groups in total. The highest BCUT2D eigenvalue weighted by molar-refractivity contribution is 7.93. The van der Waals surface area contributed by atoms with Crippen LogP contribution in [0.15, 0.2) is 49.1 Å². The highest BCUT2D eigenvalue weighted by Gasteiger charge is 2.36. The standard InChI is InChI=1S/C25H25ClN6O4S2/c26-16-4-8-32-21(11-16)19(13-29-32)22-14-28-25(37-22)24(33)30-23(15-5-9-36-10-6-15)20-12-17(3-7-27-20)31-38(34,35)18-1-2-18/h3-4,7-8,11-15,18,23H,1-2,5-6,9-10H2,(H,27,31)(H,30,33)/t23-/m1/s1. The molecule has 10 nitrogen and oxygen atoms in total. The lowest BCUT2D eigenvalue weighted by molar-refractivity contribution is 0.0508. The fourth-order valence-corrected chi connectivity index (χ4v) is 7.02. The molecule has 198 valence electrons. The second-order valence-corrected chi connectivity index (χ2v) is 12.9. The van der Waals surface area contributed by atoms with Gasteiger partial charge in [-0.3, -0.25) is 14.5 Å². The van der Waals surface area contributed by atoms with E-state index in [9.17, 15) is 13.2 Å². The molecule has 0 unspecified atom stereocenters. The summed E-state index contributed by atoms with van der Waals surface area (Å²) in [5.41, 5.74) is 2.69. The number of thiazole rings is 1. The number of halogens is 1. The SMILES string of the molecule is O=C(N[C@@H](c1cc(NS(=O)(=O)C2CC2)ccn1)C1CCOCC1)c1ncc(-c2cnn3ccc(Cl)cc23)s1. The number of pyridine rings is 2. The van der Waals surface area contributed by atoms with Crippen molar-refractivity contribution in [3.05, 3.63) is 64.8 Å². The zero-order valence-corrected chi connectivity index (χ0v) is 22.6. The third kappa shape index (κ3) is 5.26. The van der Waals surface area contributed by atoms with E-state index in [4.69, 9.17) is 16.3 Å². The van der Waals surface area contributed by atoms with Gasteiger partial charge in [0.05, 0.1) is 39.3 Å². The van der Waals surface area contributed by atoms with E-state index in [0.717, 1.165) is 28.8 Å². The zero-order valence-electron chi connectivity index (χ0n) is 20.2. The van der Waals surface area contributed by atoms with Gasteiger partial charge in [-0.2, -0.15) is 5.10 Å². The lowest BCUT2D eigenvalue weighted by Crippen LogP contribution is -2.36. The van der Waals surface area contributed by atoms with Gasteiger partial charge in [0, 0.05) is 42.4 Å². The van der Waals surface area contributed by atoms with Crippen molar-refractivity contribution in [2.75, 3.05) is 17.9 Å². The van der Waals surface area contributed by atoms with E-state index in [1.165, 1.54) is 11.3 Å². The van der Waals surface area contributed by atoms with E-state index in [1.807, 2.05) is 6.07 Å². The van der Waals surface area contributed by atoms with Gasteiger partial charge in [-0.05, 0) is 55.9 Å². The van der Waals surface area contributed by atoms with Gasteiger partial charge in [0.15, 0.2) is 5.01 Å². The molecule has 0 radical (unpaired) electrons. The molecule has 1 aliphatic carbocycles. The van der Waals surface area contributed by atoms with Gasteiger partial charge >= 0.3 is 0 Å². The molecule has 1 saturated carbocycles. The molecule has 4 aromatic rings. The van der Waals surface area contributed by atoms with Crippen LogP contribution in [-0.4, -0.2) is 52.4 Å². The number of amides is 1. The summed E-state index contributed by atoms with van der Waals surface area (Å²) in [5.74, 6) is -0.241. The molecule has 0 aromatic carbocycles. The van der Waals surface area contributed by atoms with Crippen molar-refractivity contribution in [2.24, 2.45) is 5.92 Å². The summed E-state index contributed by atoms with van der Waals surface area (Å²) in [4.78, 5) is 23.1. The Morgan fingerprint density at radius 3 is 2.74 bits per heavy atom. The number of nitrogens with zero attached hydrogens (tertiary/aromatic N) is 4. The number of hydrogen-bond donors (Lipinski definition) is 2. The highest BCUT2D eigenvalue weighted by Crippen LogP contribution is 2.34. The van der Waals surface area contributed by atoms with Crippen LogP contribution in [0.1, 0.15) is 47.2 Å². The van der Waals surface area contributed by atoms with Crippen LogP contribution < -0.4 is 10.0 Å². The first-order valence-corrected chi connectivity index (χ1v) is 15.1. The van der Waals surface area contributed by atoms with Crippen LogP contribution in [0.25, 0.3) is 16.0 Å². The molecule has 38 heavy (non-hydrogen) atoms. The lowest BCUT2D eigenvalue weighted by Gasteiger charge is -2.30. The van der Waals surface area contributed by atoms with E-state index in [1.54, 1.807) is 47.5 Å². The van der Waals surface area contributed by atoms with Crippen molar-refractivity contribution >= 4 is 50.1 Å². The van der Waals surface area contributed by atoms with E-state index in [0.29, 0.717) is 47.5 Å². The largest absolute Gasteiger partial charge is 0.381 e. The Bertz CT molecular complexity index is 1590. The van der Waals surface area contributed by atoms with Gasteiger partial charge in [0.1, 0.15) is 0 Å². The average Bonchev–Trinajstić information content (AvgIpc) is 3.54. The topological polar surface area (TPSA) is 128 Å². The molecule has 2 aliphatic rings. The fraction of sp³-hybridized carbons (Fsp3) is 0.360. The molecule has 6 rings (SSSR count). The molecule has 13 heteroatoms. The van der Waals surface area contributed by atoms with Crippen molar-refractivity contribution in [2.45, 2.75) is 37.0 Å². The van der Waals surface area contributed by atoms with E-state index >= 15 is 0 Å². The fourth-order valence-electron chi connectivity index (χ4n) is 4.64. The van der Waals surface area contributed by atoms with Gasteiger partial charge in [-0.25, -0.2) is 17.9 Å². The Labute approximate surface area is 228 Å². The first kappa shape index (κ1) is 25.2. The van der Waals surface area contributed by atoms with Gasteiger partial charge in [-0.1, -0.05) is 11.6 Å². The minimum atomic E-state index is -3.42. The van der Waals surface area contributed by atoms with Crippen molar-refractivity contribution < 1.29 is 17.9 Å². The smallest absolute Gasteiger partial charge is 0.280 e. The van der Waals surface area contributed by atoms with Crippen LogP contribution in [0.4, 0.5) is 5.69 Å². The van der Waals surface area contributed by atoms with Crippen LogP contribution in [-0.2, 0) is 14.8 Å². The predicted molar refractivity (Wildman–Crippen MR) is 145 cm³/mol. The highest BCUT2D eigenvalue weighted by atomic mass is 35.5. The first-order chi connectivity index (χ1) is 18.4. The van der Waals surface area contributed by atoms with Crippen LogP contribution in [0.5, 0.6) is 0 Å². The molecule has 4 aromatic heterocycles. The molecule has 1 atom stereocenters. The third-order valence-corrected chi connectivity index (χ3v) is 9.93. The van der Waals surface area contributed by atoms with Gasteiger partial charge < -0.3 is 10.1 Å². The Balaban J connectivity index is 1.26. The minimum Gasteiger partial charge on any atom is -0.381 e. The molecular weight excluding hydrogens is 548 g/mol. The number of carbonyl (C=O) groups is 1. The third-order valence-electron chi connectivity index (χ3n) is 6.80. The summed E-state index contributed by atoms with van der Waals surface area (Å²) in [7, 11) is -3.42. The minimum absolute atomic E-state index is 0.0803. The average molecular weight is 573 g/mol. The van der Waals surface area contributed by atoms with E-state index in [2.05, 4.69) is 25.1 Å². The molecule has 1 aliphatic heterocycles. The van der Waals surface area contributed by atoms with Crippen molar-refractivity contribution in [3.63, 3.8) is 0 Å². The zero-order chi connectivity index (χ0) is 26.3. The predicted octanol–water partition coefficient (Wildman–Crippen LogP) is 4.31. The molecule has 0 bridgehead atoms. The number of sulfonamides is 1. The van der Waals surface area contributed by atoms with Crippen LogP contribution in [0.2, 0.25) is 5.02 Å². The molecule has 0 spiro atoms. The Morgan fingerprint density at radius 1 is 1.13 bits per heavy atom. The quantitative estimate of drug-likeness (QED) is 0.322. The summed E-state index contributed by atoms with van der Waals surface area (Å²) >= 11 is 7.44. The molecule has 1 amide bonds. The number of ether oxygens (including phenoxy) is 1. The molecule has 2 fully saturated rings. The lowest BCUT2D eigenvalue weighted by atomic mass is 9.89. The maximum atomic E-state index is 13.4.